The molecule has 5 heteroatoms. The van der Waals surface area contributed by atoms with Gasteiger partial charge in [-0.25, -0.2) is 4.98 Å². The normalized spacial score (nSPS) is 12.7. The van der Waals surface area contributed by atoms with E-state index in [1.165, 1.54) is 11.3 Å². The summed E-state index contributed by atoms with van der Waals surface area (Å²) in [4.78, 5) is 8.13. The molecule has 0 aliphatic heterocycles. The second-order valence-corrected chi connectivity index (χ2v) is 5.02. The predicted octanol–water partition coefficient (Wildman–Crippen LogP) is 2.36. The molecule has 0 saturated carbocycles. The first-order valence-electron chi connectivity index (χ1n) is 5.48. The lowest BCUT2D eigenvalue weighted by Crippen LogP contribution is -1.99. The molecule has 0 bridgehead atoms. The van der Waals surface area contributed by atoms with E-state index >= 15 is 0 Å². The Morgan fingerprint density at radius 1 is 1.11 bits per heavy atom. The molecule has 2 aromatic heterocycles. The van der Waals surface area contributed by atoms with Crippen molar-refractivity contribution < 1.29 is 5.11 Å². The van der Waals surface area contributed by atoms with Crippen LogP contribution in [-0.4, -0.2) is 15.1 Å². The fourth-order valence-electron chi connectivity index (χ4n) is 1.87. The van der Waals surface area contributed by atoms with Gasteiger partial charge in [-0.15, -0.1) is 0 Å². The number of anilines is 1. The Morgan fingerprint density at radius 3 is 2.67 bits per heavy atom. The van der Waals surface area contributed by atoms with Gasteiger partial charge in [-0.05, 0) is 35.4 Å². The molecule has 0 amide bonds. The standard InChI is InChI=1S/C13H11N3OS/c14-13-16-10-2-1-9(7-11(10)18-13)12(17)8-3-5-15-6-4-8/h1-7,12,17H,(H2,14,16). The summed E-state index contributed by atoms with van der Waals surface area (Å²) in [5.41, 5.74) is 8.18. The van der Waals surface area contributed by atoms with Crippen LogP contribution in [0, 0.1) is 0 Å². The van der Waals surface area contributed by atoms with Crippen LogP contribution >= 0.6 is 11.3 Å². The number of fused-ring (bicyclic) bond motifs is 1. The Kier molecular flexibility index (Phi) is 2.70. The van der Waals surface area contributed by atoms with Crippen molar-refractivity contribution in [3.63, 3.8) is 0 Å². The van der Waals surface area contributed by atoms with E-state index in [9.17, 15) is 5.11 Å². The summed E-state index contributed by atoms with van der Waals surface area (Å²) in [6, 6.07) is 9.27. The predicted molar refractivity (Wildman–Crippen MR) is 72.3 cm³/mol. The molecule has 1 aromatic carbocycles. The summed E-state index contributed by atoms with van der Waals surface area (Å²) in [6.45, 7) is 0. The van der Waals surface area contributed by atoms with Gasteiger partial charge >= 0.3 is 0 Å². The maximum Gasteiger partial charge on any atom is 0.181 e. The van der Waals surface area contributed by atoms with Crippen LogP contribution in [0.5, 0.6) is 0 Å². The van der Waals surface area contributed by atoms with Crippen molar-refractivity contribution in [3.05, 3.63) is 53.9 Å². The van der Waals surface area contributed by atoms with Gasteiger partial charge in [-0.2, -0.15) is 0 Å². The molecule has 3 aromatic rings. The van der Waals surface area contributed by atoms with Crippen molar-refractivity contribution in [3.8, 4) is 0 Å². The summed E-state index contributed by atoms with van der Waals surface area (Å²) in [6.07, 6.45) is 2.68. The molecular formula is C13H11N3OS. The number of hydrogen-bond acceptors (Lipinski definition) is 5. The Balaban J connectivity index is 2.03. The van der Waals surface area contributed by atoms with Crippen molar-refractivity contribution in [2.24, 2.45) is 0 Å². The summed E-state index contributed by atoms with van der Waals surface area (Å²) in [5, 5.41) is 10.8. The smallest absolute Gasteiger partial charge is 0.181 e. The maximum absolute atomic E-state index is 10.3. The molecule has 4 nitrogen and oxygen atoms in total. The van der Waals surface area contributed by atoms with E-state index in [1.54, 1.807) is 24.5 Å². The summed E-state index contributed by atoms with van der Waals surface area (Å²) in [7, 11) is 0. The Bertz CT molecular complexity index is 681. The minimum Gasteiger partial charge on any atom is -0.384 e. The summed E-state index contributed by atoms with van der Waals surface area (Å²) >= 11 is 1.42. The van der Waals surface area contributed by atoms with E-state index in [2.05, 4.69) is 9.97 Å². The molecule has 0 saturated heterocycles. The van der Waals surface area contributed by atoms with Crippen LogP contribution in [0.2, 0.25) is 0 Å². The zero-order chi connectivity index (χ0) is 12.5. The Morgan fingerprint density at radius 2 is 1.89 bits per heavy atom. The van der Waals surface area contributed by atoms with Crippen molar-refractivity contribution >= 4 is 26.7 Å². The van der Waals surface area contributed by atoms with Crippen LogP contribution in [0.15, 0.2) is 42.7 Å². The highest BCUT2D eigenvalue weighted by atomic mass is 32.1. The average molecular weight is 257 g/mol. The van der Waals surface area contributed by atoms with Crippen molar-refractivity contribution in [2.75, 3.05) is 5.73 Å². The lowest BCUT2D eigenvalue weighted by molar-refractivity contribution is 0.220. The second kappa shape index (κ2) is 4.36. The van der Waals surface area contributed by atoms with Crippen LogP contribution < -0.4 is 5.73 Å². The van der Waals surface area contributed by atoms with Crippen LogP contribution in [0.25, 0.3) is 10.2 Å². The van der Waals surface area contributed by atoms with Crippen LogP contribution in [0.1, 0.15) is 17.2 Å². The molecule has 0 radical (unpaired) electrons. The number of rotatable bonds is 2. The average Bonchev–Trinajstić information content (AvgIpc) is 2.78. The van der Waals surface area contributed by atoms with E-state index in [1.807, 2.05) is 18.2 Å². The van der Waals surface area contributed by atoms with Gasteiger partial charge in [0, 0.05) is 12.4 Å². The molecule has 1 atom stereocenters. The molecule has 3 rings (SSSR count). The third-order valence-electron chi connectivity index (χ3n) is 2.77. The number of thiazole rings is 1. The van der Waals surface area contributed by atoms with Crippen LogP contribution in [0.3, 0.4) is 0 Å². The molecule has 0 aliphatic carbocycles. The van der Waals surface area contributed by atoms with E-state index in [0.717, 1.165) is 21.3 Å². The van der Waals surface area contributed by atoms with Gasteiger partial charge < -0.3 is 10.8 Å². The molecule has 0 fully saturated rings. The maximum atomic E-state index is 10.3. The molecule has 90 valence electrons. The number of hydrogen-bond donors (Lipinski definition) is 2. The van der Waals surface area contributed by atoms with Gasteiger partial charge in [-0.1, -0.05) is 17.4 Å². The molecule has 2 heterocycles. The number of nitrogens with two attached hydrogens (primary N) is 1. The first-order chi connectivity index (χ1) is 8.74. The number of aromatic nitrogens is 2. The number of pyridine rings is 1. The fourth-order valence-corrected chi connectivity index (χ4v) is 2.65. The monoisotopic (exact) mass is 257 g/mol. The van der Waals surface area contributed by atoms with Gasteiger partial charge in [0.2, 0.25) is 0 Å². The molecule has 3 N–H and O–H groups in total. The lowest BCUT2D eigenvalue weighted by atomic mass is 10.0. The highest BCUT2D eigenvalue weighted by molar-refractivity contribution is 7.22. The topological polar surface area (TPSA) is 72.0 Å². The number of nitrogen functional groups attached to an aromatic ring is 1. The molecule has 0 spiro atoms. The molecular weight excluding hydrogens is 246 g/mol. The minimum absolute atomic E-state index is 0.542. The van der Waals surface area contributed by atoms with E-state index in [4.69, 9.17) is 5.73 Å². The number of aliphatic hydroxyl groups is 1. The fraction of sp³-hybridized carbons (Fsp3) is 0.0769. The first kappa shape index (κ1) is 11.1. The lowest BCUT2D eigenvalue weighted by Gasteiger charge is -2.10. The number of aliphatic hydroxyl groups excluding tert-OH is 1. The van der Waals surface area contributed by atoms with Gasteiger partial charge in [-0.3, -0.25) is 4.98 Å². The van der Waals surface area contributed by atoms with Crippen molar-refractivity contribution in [2.45, 2.75) is 6.10 Å². The van der Waals surface area contributed by atoms with Gasteiger partial charge in [0.15, 0.2) is 5.13 Å². The Labute approximate surface area is 108 Å². The highest BCUT2D eigenvalue weighted by Gasteiger charge is 2.11. The zero-order valence-electron chi connectivity index (χ0n) is 9.45. The SMILES string of the molecule is Nc1nc2ccc(C(O)c3ccncc3)cc2s1. The van der Waals surface area contributed by atoms with Crippen molar-refractivity contribution in [1.29, 1.82) is 0 Å². The summed E-state index contributed by atoms with van der Waals surface area (Å²) < 4.78 is 0.984. The minimum atomic E-state index is -0.652. The molecule has 0 aliphatic rings. The number of benzene rings is 1. The third kappa shape index (κ3) is 1.94. The van der Waals surface area contributed by atoms with E-state index in [0.29, 0.717) is 5.13 Å². The second-order valence-electron chi connectivity index (χ2n) is 3.96. The number of nitrogens with zero attached hydrogens (tertiary/aromatic N) is 2. The quantitative estimate of drug-likeness (QED) is 0.739. The molecule has 1 unspecified atom stereocenters. The van der Waals surface area contributed by atoms with Gasteiger partial charge in [0.1, 0.15) is 6.10 Å². The largest absolute Gasteiger partial charge is 0.384 e. The zero-order valence-corrected chi connectivity index (χ0v) is 10.3. The molecule has 18 heavy (non-hydrogen) atoms. The Hall–Kier alpha value is -1.98. The van der Waals surface area contributed by atoms with E-state index in [-0.39, 0.29) is 0 Å². The van der Waals surface area contributed by atoms with Crippen molar-refractivity contribution in [1.82, 2.24) is 9.97 Å². The summed E-state index contributed by atoms with van der Waals surface area (Å²) in [5.74, 6) is 0. The van der Waals surface area contributed by atoms with Gasteiger partial charge in [0.25, 0.3) is 0 Å². The van der Waals surface area contributed by atoms with Gasteiger partial charge in [0.05, 0.1) is 10.2 Å². The van der Waals surface area contributed by atoms with E-state index < -0.39 is 6.10 Å². The first-order valence-corrected chi connectivity index (χ1v) is 6.29. The van der Waals surface area contributed by atoms with Crippen LogP contribution in [0.4, 0.5) is 5.13 Å². The van der Waals surface area contributed by atoms with Crippen LogP contribution in [-0.2, 0) is 0 Å². The highest BCUT2D eigenvalue weighted by Crippen LogP contribution is 2.29. The third-order valence-corrected chi connectivity index (χ3v) is 3.61.